The van der Waals surface area contributed by atoms with Crippen molar-refractivity contribution in [1.82, 2.24) is 0 Å². The van der Waals surface area contributed by atoms with Gasteiger partial charge in [0.25, 0.3) is 0 Å². The van der Waals surface area contributed by atoms with Gasteiger partial charge in [-0.25, -0.2) is 4.39 Å². The maximum absolute atomic E-state index is 13.7. The molecular formula is C28H30ClFO5. The van der Waals surface area contributed by atoms with Gasteiger partial charge in [0.15, 0.2) is 11.5 Å². The lowest BCUT2D eigenvalue weighted by atomic mass is 10.0. The van der Waals surface area contributed by atoms with Crippen LogP contribution in [0.4, 0.5) is 4.39 Å². The van der Waals surface area contributed by atoms with E-state index < -0.39 is 5.97 Å². The van der Waals surface area contributed by atoms with Gasteiger partial charge >= 0.3 is 5.97 Å². The van der Waals surface area contributed by atoms with Crippen LogP contribution in [0.15, 0.2) is 60.7 Å². The summed E-state index contributed by atoms with van der Waals surface area (Å²) >= 11 is 6.02. The van der Waals surface area contributed by atoms with E-state index in [4.69, 9.17) is 30.9 Å². The normalized spacial score (nSPS) is 13.8. The molecule has 1 aliphatic carbocycles. The van der Waals surface area contributed by atoms with Gasteiger partial charge in [0.1, 0.15) is 24.8 Å². The Morgan fingerprint density at radius 3 is 2.31 bits per heavy atom. The average Bonchev–Trinajstić information content (AvgIpc) is 3.75. The van der Waals surface area contributed by atoms with E-state index in [9.17, 15) is 9.18 Å². The molecule has 0 saturated heterocycles. The van der Waals surface area contributed by atoms with Crippen molar-refractivity contribution < 1.29 is 28.5 Å². The number of carbonyl (C=O) groups is 1. The summed E-state index contributed by atoms with van der Waals surface area (Å²) in [5, 5.41) is 9.35. The molecular weight excluding hydrogens is 471 g/mol. The van der Waals surface area contributed by atoms with Crippen molar-refractivity contribution >= 4 is 17.6 Å². The molecule has 0 spiro atoms. The van der Waals surface area contributed by atoms with Gasteiger partial charge in [-0.2, -0.15) is 0 Å². The van der Waals surface area contributed by atoms with E-state index in [1.165, 1.54) is 25.3 Å². The van der Waals surface area contributed by atoms with Crippen LogP contribution in [-0.4, -0.2) is 31.4 Å². The third kappa shape index (κ3) is 8.18. The Morgan fingerprint density at radius 2 is 1.69 bits per heavy atom. The molecule has 0 bridgehead atoms. The lowest BCUT2D eigenvalue weighted by molar-refractivity contribution is -0.141. The monoisotopic (exact) mass is 500 g/mol. The molecule has 186 valence electrons. The van der Waals surface area contributed by atoms with Crippen LogP contribution in [0, 0.1) is 11.7 Å². The average molecular weight is 501 g/mol. The van der Waals surface area contributed by atoms with Crippen molar-refractivity contribution in [2.24, 2.45) is 5.92 Å². The minimum absolute atomic E-state index is 0.311. The zero-order chi connectivity index (χ0) is 25.2. The summed E-state index contributed by atoms with van der Waals surface area (Å²) in [5.74, 6) is 0.571. The highest BCUT2D eigenvalue weighted by molar-refractivity contribution is 6.33. The Bertz CT molecular complexity index is 1130. The van der Waals surface area contributed by atoms with E-state index in [0.717, 1.165) is 11.3 Å². The number of aliphatic carboxylic acids is 1. The van der Waals surface area contributed by atoms with Crippen LogP contribution in [0.3, 0.4) is 0 Å². The summed E-state index contributed by atoms with van der Waals surface area (Å²) < 4.78 is 29.5. The summed E-state index contributed by atoms with van der Waals surface area (Å²) in [7, 11) is 1.55. The van der Waals surface area contributed by atoms with E-state index in [0.29, 0.717) is 47.3 Å². The third-order valence-corrected chi connectivity index (χ3v) is 5.59. The van der Waals surface area contributed by atoms with Crippen LogP contribution >= 0.6 is 11.6 Å². The predicted molar refractivity (Wildman–Crippen MR) is 135 cm³/mol. The Labute approximate surface area is 210 Å². The molecule has 1 heterocycles. The third-order valence-electron chi connectivity index (χ3n) is 5.26. The topological polar surface area (TPSA) is 65.0 Å². The fourth-order valence-corrected chi connectivity index (χ4v) is 3.41. The van der Waals surface area contributed by atoms with Crippen LogP contribution in [0.1, 0.15) is 31.7 Å². The molecule has 5 nitrogen and oxygen atoms in total. The van der Waals surface area contributed by atoms with Crippen molar-refractivity contribution in [2.45, 2.75) is 32.6 Å². The molecule has 7 heteroatoms. The SMILES string of the molecule is C1CC1.CC(Cc1ccc2c(c1)OCCO2)C(=O)O.COc1ccc(F)c(-c2ccccc2Cl)c1. The molecule has 0 amide bonds. The minimum atomic E-state index is -0.783. The zero-order valence-corrected chi connectivity index (χ0v) is 20.7. The highest BCUT2D eigenvalue weighted by atomic mass is 35.5. The molecule has 1 N–H and O–H groups in total. The number of fused-ring (bicyclic) bond motifs is 1. The molecule has 2 aliphatic rings. The number of ether oxygens (including phenoxy) is 3. The van der Waals surface area contributed by atoms with E-state index in [2.05, 4.69) is 0 Å². The molecule has 3 aromatic carbocycles. The van der Waals surface area contributed by atoms with Gasteiger partial charge < -0.3 is 19.3 Å². The zero-order valence-electron chi connectivity index (χ0n) is 19.9. The molecule has 0 radical (unpaired) electrons. The number of rotatable bonds is 5. The molecule has 1 saturated carbocycles. The Morgan fingerprint density at radius 1 is 1.00 bits per heavy atom. The van der Waals surface area contributed by atoms with Gasteiger partial charge in [-0.1, -0.05) is 62.1 Å². The number of methoxy groups -OCH3 is 1. The lowest BCUT2D eigenvalue weighted by Gasteiger charge is -2.19. The molecule has 0 aromatic heterocycles. The first-order chi connectivity index (χ1) is 16.9. The Kier molecular flexibility index (Phi) is 9.79. The second kappa shape index (κ2) is 13.0. The smallest absolute Gasteiger partial charge is 0.306 e. The summed E-state index contributed by atoms with van der Waals surface area (Å²) in [6.07, 6.45) is 5.01. The largest absolute Gasteiger partial charge is 0.497 e. The first-order valence-electron chi connectivity index (χ1n) is 11.6. The number of halogens is 2. The Hall–Kier alpha value is -3.25. The van der Waals surface area contributed by atoms with Crippen LogP contribution in [0.5, 0.6) is 17.2 Å². The maximum Gasteiger partial charge on any atom is 0.306 e. The van der Waals surface area contributed by atoms with Gasteiger partial charge in [-0.3, -0.25) is 4.79 Å². The molecule has 5 rings (SSSR count). The van der Waals surface area contributed by atoms with Gasteiger partial charge in [-0.05, 0) is 48.4 Å². The van der Waals surface area contributed by atoms with Gasteiger partial charge in [-0.15, -0.1) is 0 Å². The van der Waals surface area contributed by atoms with Gasteiger partial charge in [0.05, 0.1) is 13.0 Å². The van der Waals surface area contributed by atoms with E-state index in [-0.39, 0.29) is 11.7 Å². The summed E-state index contributed by atoms with van der Waals surface area (Å²) in [6, 6.07) is 17.3. The molecule has 3 aromatic rings. The first-order valence-corrected chi connectivity index (χ1v) is 12.0. The van der Waals surface area contributed by atoms with Gasteiger partial charge in [0.2, 0.25) is 0 Å². The number of hydrogen-bond acceptors (Lipinski definition) is 4. The number of benzene rings is 3. The quantitative estimate of drug-likeness (QED) is 0.406. The summed E-state index contributed by atoms with van der Waals surface area (Å²) in [5.41, 5.74) is 2.07. The van der Waals surface area contributed by atoms with E-state index >= 15 is 0 Å². The summed E-state index contributed by atoms with van der Waals surface area (Å²) in [6.45, 7) is 2.81. The fourth-order valence-electron chi connectivity index (χ4n) is 3.17. The number of carboxylic acid groups (broad SMARTS) is 1. The van der Waals surface area contributed by atoms with Crippen molar-refractivity contribution in [3.8, 4) is 28.4 Å². The maximum atomic E-state index is 13.7. The highest BCUT2D eigenvalue weighted by Crippen LogP contribution is 2.32. The molecule has 35 heavy (non-hydrogen) atoms. The highest BCUT2D eigenvalue weighted by Gasteiger charge is 2.15. The molecule has 1 atom stereocenters. The minimum Gasteiger partial charge on any atom is -0.497 e. The first kappa shape index (κ1) is 26.4. The Balaban J connectivity index is 0.000000174. The van der Waals surface area contributed by atoms with E-state index in [1.54, 1.807) is 38.3 Å². The van der Waals surface area contributed by atoms with Crippen molar-refractivity contribution in [1.29, 1.82) is 0 Å². The van der Waals surface area contributed by atoms with Crippen LogP contribution in [0.2, 0.25) is 5.02 Å². The van der Waals surface area contributed by atoms with Crippen LogP contribution in [0.25, 0.3) is 11.1 Å². The van der Waals surface area contributed by atoms with Crippen LogP contribution in [-0.2, 0) is 11.2 Å². The second-order valence-corrected chi connectivity index (χ2v) is 8.71. The number of carboxylic acids is 1. The van der Waals surface area contributed by atoms with Crippen molar-refractivity contribution in [3.05, 3.63) is 77.1 Å². The summed E-state index contributed by atoms with van der Waals surface area (Å²) in [4.78, 5) is 10.7. The van der Waals surface area contributed by atoms with Crippen LogP contribution < -0.4 is 14.2 Å². The predicted octanol–water partition coefficient (Wildman–Crippen LogP) is 7.05. The van der Waals surface area contributed by atoms with Gasteiger partial charge in [0, 0.05) is 16.1 Å². The second-order valence-electron chi connectivity index (χ2n) is 8.31. The standard InChI is InChI=1S/C13H10ClFO.C12H14O4.C3H6/c1-16-9-6-7-13(15)11(8-9)10-4-2-3-5-12(10)14;1-8(12(13)14)6-9-2-3-10-11(7-9)16-5-4-15-10;1-2-3-1/h2-8H,1H3;2-3,7-8H,4-6H2,1H3,(H,13,14);1-3H2. The lowest BCUT2D eigenvalue weighted by Crippen LogP contribution is -2.16. The number of hydrogen-bond donors (Lipinski definition) is 1. The van der Waals surface area contributed by atoms with E-state index in [1.807, 2.05) is 30.3 Å². The fraction of sp³-hybridized carbons (Fsp3) is 0.321. The molecule has 1 aliphatic heterocycles. The van der Waals surface area contributed by atoms with Crippen molar-refractivity contribution in [2.75, 3.05) is 20.3 Å². The molecule has 1 unspecified atom stereocenters. The van der Waals surface area contributed by atoms with Crippen molar-refractivity contribution in [3.63, 3.8) is 0 Å². The molecule has 1 fully saturated rings.